The van der Waals surface area contributed by atoms with Gasteiger partial charge in [-0.05, 0) is 36.8 Å². The van der Waals surface area contributed by atoms with E-state index >= 15 is 0 Å². The molecule has 0 spiro atoms. The van der Waals surface area contributed by atoms with Crippen molar-refractivity contribution in [3.05, 3.63) is 29.8 Å². The van der Waals surface area contributed by atoms with Crippen molar-refractivity contribution in [2.75, 3.05) is 18.9 Å². The second-order valence-electron chi connectivity index (χ2n) is 5.59. The van der Waals surface area contributed by atoms with Gasteiger partial charge in [0, 0.05) is 10.9 Å². The third-order valence-electron chi connectivity index (χ3n) is 3.89. The summed E-state index contributed by atoms with van der Waals surface area (Å²) < 4.78 is 16.1. The number of fused-ring (bicyclic) bond motifs is 2. The summed E-state index contributed by atoms with van der Waals surface area (Å²) in [5, 5.41) is 1.03. The number of amides is 1. The van der Waals surface area contributed by atoms with Gasteiger partial charge in [0.05, 0.1) is 11.4 Å². The lowest BCUT2D eigenvalue weighted by molar-refractivity contribution is 0.171. The lowest BCUT2D eigenvalue weighted by atomic mass is 10.1. The number of pyridine rings is 1. The van der Waals surface area contributed by atoms with Gasteiger partial charge in [-0.3, -0.25) is 0 Å². The summed E-state index contributed by atoms with van der Waals surface area (Å²) >= 11 is 1.19. The monoisotopic (exact) mass is 357 g/mol. The Kier molecular flexibility index (Phi) is 3.61. The Labute approximate surface area is 147 Å². The maximum atomic E-state index is 11.0. The zero-order valence-electron chi connectivity index (χ0n) is 13.4. The molecule has 0 saturated heterocycles. The van der Waals surface area contributed by atoms with Crippen molar-refractivity contribution in [3.8, 4) is 27.8 Å². The van der Waals surface area contributed by atoms with Crippen molar-refractivity contribution >= 4 is 33.3 Å². The Bertz CT molecular complexity index is 999. The first-order chi connectivity index (χ1) is 12.0. The fourth-order valence-corrected chi connectivity index (χ4v) is 3.84. The van der Waals surface area contributed by atoms with Crippen molar-refractivity contribution in [3.63, 3.8) is 0 Å². The highest BCUT2D eigenvalue weighted by Gasteiger charge is 2.18. The fourth-order valence-electron chi connectivity index (χ4n) is 2.81. The predicted molar refractivity (Wildman–Crippen MR) is 95.4 cm³/mol. The van der Waals surface area contributed by atoms with Crippen LogP contribution in [0.3, 0.4) is 0 Å². The number of hydrogen-bond donors (Lipinski definition) is 2. The number of aryl methyl sites for hydroxylation is 1. The fraction of sp³-hybridized carbons (Fsp3) is 0.176. The molecule has 1 aliphatic heterocycles. The average molecular weight is 357 g/mol. The molecule has 4 rings (SSSR count). The third kappa shape index (κ3) is 2.70. The van der Waals surface area contributed by atoms with Crippen LogP contribution in [-0.2, 0) is 0 Å². The number of nitrogens with two attached hydrogens (primary N) is 2. The first-order valence-electron chi connectivity index (χ1n) is 7.60. The van der Waals surface area contributed by atoms with E-state index < -0.39 is 6.09 Å². The van der Waals surface area contributed by atoms with Gasteiger partial charge in [-0.2, -0.15) is 0 Å². The third-order valence-corrected chi connectivity index (χ3v) is 4.87. The minimum atomic E-state index is -0.900. The van der Waals surface area contributed by atoms with E-state index in [1.165, 1.54) is 11.3 Å². The maximum Gasteiger partial charge on any atom is 0.410 e. The Morgan fingerprint density at radius 3 is 2.76 bits per heavy atom. The number of nitrogen functional groups attached to an aromatic ring is 1. The highest BCUT2D eigenvalue weighted by Crippen LogP contribution is 2.42. The number of rotatable bonds is 2. The quantitative estimate of drug-likeness (QED) is 0.729. The largest absolute Gasteiger partial charge is 0.486 e. The number of ether oxygens (including phenoxy) is 3. The molecule has 1 aromatic carbocycles. The minimum absolute atomic E-state index is 0.262. The van der Waals surface area contributed by atoms with Crippen LogP contribution in [-0.4, -0.2) is 24.3 Å². The van der Waals surface area contributed by atoms with E-state index in [1.807, 2.05) is 31.2 Å². The average Bonchev–Trinajstić information content (AvgIpc) is 2.90. The molecule has 128 valence electrons. The van der Waals surface area contributed by atoms with Crippen molar-refractivity contribution in [1.82, 2.24) is 4.98 Å². The molecule has 0 fully saturated rings. The molecule has 0 bridgehead atoms. The van der Waals surface area contributed by atoms with Gasteiger partial charge in [-0.25, -0.2) is 9.78 Å². The summed E-state index contributed by atoms with van der Waals surface area (Å²) in [7, 11) is 0. The highest BCUT2D eigenvalue weighted by molar-refractivity contribution is 7.21. The van der Waals surface area contributed by atoms with Crippen LogP contribution >= 0.6 is 11.3 Å². The van der Waals surface area contributed by atoms with E-state index in [0.717, 1.165) is 28.0 Å². The lowest BCUT2D eigenvalue weighted by Gasteiger charge is -2.18. The smallest absolute Gasteiger partial charge is 0.410 e. The molecule has 1 amide bonds. The first kappa shape index (κ1) is 15.5. The van der Waals surface area contributed by atoms with E-state index in [0.29, 0.717) is 29.5 Å². The molecule has 25 heavy (non-hydrogen) atoms. The molecule has 4 N–H and O–H groups in total. The van der Waals surface area contributed by atoms with Crippen molar-refractivity contribution in [2.45, 2.75) is 6.92 Å². The molecule has 3 aromatic rings. The number of aromatic nitrogens is 1. The van der Waals surface area contributed by atoms with Crippen LogP contribution in [0.5, 0.6) is 16.6 Å². The number of benzene rings is 1. The first-order valence-corrected chi connectivity index (χ1v) is 8.41. The van der Waals surface area contributed by atoms with Crippen LogP contribution in [0.4, 0.5) is 10.5 Å². The number of carbonyl (C=O) groups is 1. The Morgan fingerprint density at radius 1 is 1.24 bits per heavy atom. The van der Waals surface area contributed by atoms with Gasteiger partial charge in [-0.15, -0.1) is 0 Å². The zero-order chi connectivity index (χ0) is 17.6. The number of anilines is 1. The van der Waals surface area contributed by atoms with Crippen LogP contribution < -0.4 is 25.7 Å². The molecule has 0 saturated carbocycles. The van der Waals surface area contributed by atoms with E-state index in [2.05, 4.69) is 4.98 Å². The number of primary amides is 1. The van der Waals surface area contributed by atoms with Crippen LogP contribution in [0, 0.1) is 6.92 Å². The standard InChI is InChI=1S/C17H15N3O4S/c1-8-6-10(9-2-3-11-12(7-9)23-5-4-22-11)20-15-13(8)14(18)16(25-15)24-17(19)21/h2-3,6-7H,4-5,18H2,1H3,(H2,19,21). The van der Waals surface area contributed by atoms with Crippen molar-refractivity contribution in [2.24, 2.45) is 5.73 Å². The minimum Gasteiger partial charge on any atom is -0.486 e. The van der Waals surface area contributed by atoms with Gasteiger partial charge in [0.1, 0.15) is 18.0 Å². The summed E-state index contributed by atoms with van der Waals surface area (Å²) in [4.78, 5) is 16.3. The number of carbonyl (C=O) groups excluding carboxylic acids is 1. The molecule has 0 unspecified atom stereocenters. The zero-order valence-corrected chi connectivity index (χ0v) is 14.2. The van der Waals surface area contributed by atoms with E-state index in [4.69, 9.17) is 25.7 Å². The summed E-state index contributed by atoms with van der Waals surface area (Å²) in [6.07, 6.45) is -0.900. The molecule has 0 aliphatic carbocycles. The second kappa shape index (κ2) is 5.82. The van der Waals surface area contributed by atoms with Crippen LogP contribution in [0.1, 0.15) is 5.56 Å². The Balaban J connectivity index is 1.82. The molecule has 1 aliphatic rings. The van der Waals surface area contributed by atoms with Crippen LogP contribution in [0.15, 0.2) is 24.3 Å². The van der Waals surface area contributed by atoms with E-state index in [-0.39, 0.29) is 5.06 Å². The molecular formula is C17H15N3O4S. The van der Waals surface area contributed by atoms with E-state index in [1.54, 1.807) is 0 Å². The summed E-state index contributed by atoms with van der Waals surface area (Å²) in [5.41, 5.74) is 14.1. The van der Waals surface area contributed by atoms with E-state index in [9.17, 15) is 4.79 Å². The normalized spacial score (nSPS) is 13.0. The van der Waals surface area contributed by atoms with Gasteiger partial charge in [0.2, 0.25) is 5.06 Å². The van der Waals surface area contributed by atoms with Crippen LogP contribution in [0.25, 0.3) is 21.5 Å². The molecule has 8 heteroatoms. The van der Waals surface area contributed by atoms with Gasteiger partial charge in [0.25, 0.3) is 0 Å². The Hall–Kier alpha value is -3.00. The summed E-state index contributed by atoms with van der Waals surface area (Å²) in [6.45, 7) is 3.01. The molecule has 3 heterocycles. The summed E-state index contributed by atoms with van der Waals surface area (Å²) in [6, 6.07) is 7.64. The van der Waals surface area contributed by atoms with Gasteiger partial charge in [0.15, 0.2) is 11.5 Å². The lowest BCUT2D eigenvalue weighted by Crippen LogP contribution is -2.16. The molecule has 0 radical (unpaired) electrons. The number of nitrogens with zero attached hydrogens (tertiary/aromatic N) is 1. The molecule has 2 aromatic heterocycles. The number of hydrogen-bond acceptors (Lipinski definition) is 7. The maximum absolute atomic E-state index is 11.0. The predicted octanol–water partition coefficient (Wildman–Crippen LogP) is 3.08. The topological polar surface area (TPSA) is 110 Å². The van der Waals surface area contributed by atoms with Crippen LogP contribution in [0.2, 0.25) is 0 Å². The molecular weight excluding hydrogens is 342 g/mol. The van der Waals surface area contributed by atoms with Crippen molar-refractivity contribution < 1.29 is 19.0 Å². The second-order valence-corrected chi connectivity index (χ2v) is 6.55. The van der Waals surface area contributed by atoms with Gasteiger partial charge in [-0.1, -0.05) is 11.3 Å². The molecule has 7 nitrogen and oxygen atoms in total. The van der Waals surface area contributed by atoms with Crippen molar-refractivity contribution in [1.29, 1.82) is 0 Å². The highest BCUT2D eigenvalue weighted by atomic mass is 32.1. The Morgan fingerprint density at radius 2 is 2.00 bits per heavy atom. The SMILES string of the molecule is Cc1cc(-c2ccc3c(c2)OCCO3)nc2sc(OC(N)=O)c(N)c12. The molecule has 0 atom stereocenters. The van der Waals surface area contributed by atoms with Gasteiger partial charge >= 0.3 is 6.09 Å². The van der Waals surface area contributed by atoms with Gasteiger partial charge < -0.3 is 25.7 Å². The number of thiophene rings is 1. The summed E-state index contributed by atoms with van der Waals surface area (Å²) in [5.74, 6) is 1.43.